The molecule has 0 N–H and O–H groups in total. The minimum atomic E-state index is -0.731. The van der Waals surface area contributed by atoms with Crippen molar-refractivity contribution >= 4 is 54.3 Å². The number of hydrogen-bond donors (Lipinski definition) is 0. The van der Waals surface area contributed by atoms with E-state index < -0.39 is 114 Å². The minimum absolute atomic E-state index is 0.0512. The third-order valence-electron chi connectivity index (χ3n) is 6.37. The van der Waals surface area contributed by atoms with Gasteiger partial charge in [0.05, 0.1) is 23.3 Å². The fourth-order valence-corrected chi connectivity index (χ4v) is 4.80. The highest BCUT2D eigenvalue weighted by Crippen LogP contribution is 2.45. The summed E-state index contributed by atoms with van der Waals surface area (Å²) in [6, 6.07) is -2.75. The van der Waals surface area contributed by atoms with E-state index in [1.165, 1.54) is 0 Å². The number of hydrogen-bond acceptors (Lipinski definition) is 1. The summed E-state index contributed by atoms with van der Waals surface area (Å²) in [6.45, 7) is 0. The van der Waals surface area contributed by atoms with Gasteiger partial charge in [-0.2, -0.15) is 0 Å². The van der Waals surface area contributed by atoms with Crippen molar-refractivity contribution in [1.82, 2.24) is 0 Å². The standard InChI is InChI=1S/C36H22O/c1-2-11-24(12-3-1)34-27-14-6-8-16-29(27)35(30-17-9-7-15-28(30)34)25-19-21-33-32(22-25)31-20-18-23-10-4-5-13-26(23)36(31)37-33/h1-22H/i4D,5D,6D,7D,8D,9D,10D,13D,14D,15D,16D,17D,18D,19D,20D,21D,22D. The second-order valence-electron chi connectivity index (χ2n) is 8.38. The molecule has 0 radical (unpaired) electrons. The molecule has 0 fully saturated rings. The Labute approximate surface area is 238 Å². The summed E-state index contributed by atoms with van der Waals surface area (Å²) >= 11 is 0. The largest absolute Gasteiger partial charge is 0.455 e. The Morgan fingerprint density at radius 1 is 0.459 bits per heavy atom. The number of benzene rings is 7. The van der Waals surface area contributed by atoms with Gasteiger partial charge < -0.3 is 4.42 Å². The van der Waals surface area contributed by atoms with Crippen LogP contribution in [0.15, 0.2) is 137 Å². The van der Waals surface area contributed by atoms with Crippen molar-refractivity contribution in [1.29, 1.82) is 0 Å². The van der Waals surface area contributed by atoms with Crippen molar-refractivity contribution in [2.24, 2.45) is 0 Å². The molecule has 0 aliphatic heterocycles. The van der Waals surface area contributed by atoms with E-state index in [0.29, 0.717) is 5.56 Å². The highest BCUT2D eigenvalue weighted by atomic mass is 16.3. The van der Waals surface area contributed by atoms with Crippen molar-refractivity contribution in [3.63, 3.8) is 0 Å². The normalized spacial score (nSPS) is 18.2. The maximum absolute atomic E-state index is 9.63. The molecule has 0 aliphatic carbocycles. The van der Waals surface area contributed by atoms with Crippen LogP contribution in [0.5, 0.6) is 0 Å². The fraction of sp³-hybridized carbons (Fsp3) is 0. The van der Waals surface area contributed by atoms with Crippen molar-refractivity contribution in [2.45, 2.75) is 0 Å². The Kier molecular flexibility index (Phi) is 2.09. The molecule has 0 bridgehead atoms. The molecular formula is C36H22O. The maximum Gasteiger partial charge on any atom is 0.143 e. The van der Waals surface area contributed by atoms with Crippen molar-refractivity contribution in [3.8, 4) is 22.3 Å². The lowest BCUT2D eigenvalue weighted by Gasteiger charge is -2.17. The van der Waals surface area contributed by atoms with Gasteiger partial charge in [-0.05, 0) is 67.3 Å². The third kappa shape index (κ3) is 2.98. The van der Waals surface area contributed by atoms with E-state index in [2.05, 4.69) is 0 Å². The first-order valence-corrected chi connectivity index (χ1v) is 11.3. The molecule has 0 saturated heterocycles. The van der Waals surface area contributed by atoms with E-state index in [9.17, 15) is 2.74 Å². The molecule has 8 aromatic rings. The van der Waals surface area contributed by atoms with E-state index in [0.717, 1.165) is 0 Å². The molecule has 0 saturated carbocycles. The van der Waals surface area contributed by atoms with E-state index in [-0.39, 0.29) is 59.8 Å². The van der Waals surface area contributed by atoms with Crippen LogP contribution in [0.1, 0.15) is 23.3 Å². The molecule has 0 spiro atoms. The van der Waals surface area contributed by atoms with Crippen molar-refractivity contribution in [2.75, 3.05) is 0 Å². The van der Waals surface area contributed by atoms with Crippen LogP contribution in [0.2, 0.25) is 0 Å². The zero-order valence-corrected chi connectivity index (χ0v) is 18.8. The molecule has 8 rings (SSSR count). The monoisotopic (exact) mass is 487 g/mol. The average Bonchev–Trinajstić information content (AvgIpc) is 3.57. The highest BCUT2D eigenvalue weighted by molar-refractivity contribution is 6.22. The first-order chi connectivity index (χ1) is 25.4. The van der Waals surface area contributed by atoms with Gasteiger partial charge in [0.25, 0.3) is 0 Å². The smallest absolute Gasteiger partial charge is 0.143 e. The molecule has 172 valence electrons. The van der Waals surface area contributed by atoms with Gasteiger partial charge in [0.15, 0.2) is 0 Å². The number of furan rings is 1. The predicted molar refractivity (Wildman–Crippen MR) is 157 cm³/mol. The van der Waals surface area contributed by atoms with Crippen molar-refractivity contribution < 1.29 is 27.7 Å². The quantitative estimate of drug-likeness (QED) is 0.221. The first kappa shape index (κ1) is 9.88. The molecule has 0 aliphatic rings. The van der Waals surface area contributed by atoms with Crippen LogP contribution in [0, 0.1) is 0 Å². The summed E-state index contributed by atoms with van der Waals surface area (Å²) in [4.78, 5) is 0. The summed E-state index contributed by atoms with van der Waals surface area (Å²) in [5.41, 5.74) is -1.23. The van der Waals surface area contributed by atoms with Gasteiger partial charge in [-0.3, -0.25) is 0 Å². The summed E-state index contributed by atoms with van der Waals surface area (Å²) in [7, 11) is 0. The lowest BCUT2D eigenvalue weighted by molar-refractivity contribution is 0.672. The molecule has 37 heavy (non-hydrogen) atoms. The van der Waals surface area contributed by atoms with Gasteiger partial charge in [0, 0.05) is 16.2 Å². The Morgan fingerprint density at radius 3 is 1.73 bits per heavy atom. The lowest BCUT2D eigenvalue weighted by atomic mass is 9.86. The SMILES string of the molecule is [2H]c1c(-c2c3c([2H])c([2H])c([2H])c([2H])c3c(-c3ccccc3)c3c([2H])c([2H])c([2H])c([2H])c23)c([2H])c2c(oc3c4c([2H])c([2H])c([2H])c([2H])c4c([2H])c([2H])c32)c1[2H]. The third-order valence-corrected chi connectivity index (χ3v) is 6.37. The molecule has 7 aromatic carbocycles. The number of fused-ring (bicyclic) bond motifs is 7. The first-order valence-electron chi connectivity index (χ1n) is 19.8. The Balaban J connectivity index is 1.72. The molecular weight excluding hydrogens is 448 g/mol. The Morgan fingerprint density at radius 2 is 1.05 bits per heavy atom. The maximum atomic E-state index is 9.63. The molecule has 1 heteroatoms. The number of rotatable bonds is 2. The molecule has 0 atom stereocenters. The fourth-order valence-electron chi connectivity index (χ4n) is 4.80. The highest BCUT2D eigenvalue weighted by Gasteiger charge is 2.18. The summed E-state index contributed by atoms with van der Waals surface area (Å²) in [5.74, 6) is 0. The van der Waals surface area contributed by atoms with E-state index in [4.69, 9.17) is 25.0 Å². The van der Waals surface area contributed by atoms with Crippen LogP contribution in [0.4, 0.5) is 0 Å². The van der Waals surface area contributed by atoms with Crippen LogP contribution in [0.3, 0.4) is 0 Å². The average molecular weight is 488 g/mol. The van der Waals surface area contributed by atoms with Gasteiger partial charge >= 0.3 is 0 Å². The zero-order chi connectivity index (χ0) is 39.1. The van der Waals surface area contributed by atoms with Gasteiger partial charge in [-0.1, -0.05) is 115 Å². The van der Waals surface area contributed by atoms with Crippen LogP contribution < -0.4 is 0 Å². The van der Waals surface area contributed by atoms with Crippen LogP contribution in [0.25, 0.3) is 76.5 Å². The second-order valence-corrected chi connectivity index (χ2v) is 8.38. The summed E-state index contributed by atoms with van der Waals surface area (Å²) in [6.07, 6.45) is 0. The second kappa shape index (κ2) is 7.81. The zero-order valence-electron chi connectivity index (χ0n) is 35.8. The van der Waals surface area contributed by atoms with Crippen LogP contribution in [-0.2, 0) is 0 Å². The van der Waals surface area contributed by atoms with E-state index in [1.807, 2.05) is 0 Å². The summed E-state index contributed by atoms with van der Waals surface area (Å²) in [5, 5.41) is -2.14. The molecule has 0 amide bonds. The molecule has 1 heterocycles. The van der Waals surface area contributed by atoms with Gasteiger partial charge in [-0.25, -0.2) is 0 Å². The Hall–Kier alpha value is -4.88. The van der Waals surface area contributed by atoms with Gasteiger partial charge in [-0.15, -0.1) is 0 Å². The van der Waals surface area contributed by atoms with Gasteiger partial charge in [0.2, 0.25) is 0 Å². The minimum Gasteiger partial charge on any atom is -0.455 e. The summed E-state index contributed by atoms with van der Waals surface area (Å²) < 4.78 is 156. The predicted octanol–water partition coefficient (Wildman–Crippen LogP) is 10.4. The van der Waals surface area contributed by atoms with E-state index >= 15 is 0 Å². The van der Waals surface area contributed by atoms with Crippen LogP contribution in [-0.4, -0.2) is 0 Å². The van der Waals surface area contributed by atoms with Crippen molar-refractivity contribution in [3.05, 3.63) is 133 Å². The molecule has 1 aromatic heterocycles. The van der Waals surface area contributed by atoms with Gasteiger partial charge in [0.1, 0.15) is 11.2 Å². The Bertz CT molecular complexity index is 2980. The topological polar surface area (TPSA) is 13.1 Å². The molecule has 0 unspecified atom stereocenters. The molecule has 1 nitrogen and oxygen atoms in total. The van der Waals surface area contributed by atoms with E-state index in [1.54, 1.807) is 30.3 Å². The lowest BCUT2D eigenvalue weighted by Crippen LogP contribution is -1.90. The van der Waals surface area contributed by atoms with Crippen LogP contribution >= 0.6 is 0 Å².